The molecule has 0 aromatic carbocycles. The summed E-state index contributed by atoms with van der Waals surface area (Å²) in [6, 6.07) is 0. The van der Waals surface area contributed by atoms with Crippen molar-refractivity contribution >= 4 is 20.9 Å². The summed E-state index contributed by atoms with van der Waals surface area (Å²) >= 11 is 0.208. The van der Waals surface area contributed by atoms with Crippen LogP contribution in [-0.4, -0.2) is 32.1 Å². The number of carboxylic acids is 1. The Bertz CT molecular complexity index is 87.9. The standard InChI is InChI=1S/C4H8O3Se.Na/c1-8-2-3(5)4(6)7;/h3,5H,2H2,1H3,(H,6,7);/q;+1/p-1. The summed E-state index contributed by atoms with van der Waals surface area (Å²) in [7, 11) is 0. The second-order valence-corrected chi connectivity index (χ2v) is 3.20. The molecular weight excluding hydrogens is 198 g/mol. The third-order valence-corrected chi connectivity index (χ3v) is 1.96. The van der Waals surface area contributed by atoms with Crippen LogP contribution in [-0.2, 0) is 4.79 Å². The zero-order valence-electron chi connectivity index (χ0n) is 5.46. The molecule has 0 aliphatic heterocycles. The third kappa shape index (κ3) is 6.84. The van der Waals surface area contributed by atoms with E-state index in [1.807, 2.05) is 5.82 Å². The van der Waals surface area contributed by atoms with Gasteiger partial charge in [0.2, 0.25) is 0 Å². The van der Waals surface area contributed by atoms with E-state index >= 15 is 0 Å². The van der Waals surface area contributed by atoms with E-state index in [4.69, 9.17) is 5.11 Å². The number of carbonyl (C=O) groups excluding carboxylic acids is 1. The number of hydrogen-bond donors (Lipinski definition) is 1. The van der Waals surface area contributed by atoms with Crippen LogP contribution in [0.15, 0.2) is 0 Å². The van der Waals surface area contributed by atoms with Crippen molar-refractivity contribution < 1.29 is 44.6 Å². The summed E-state index contributed by atoms with van der Waals surface area (Å²) < 4.78 is 0. The van der Waals surface area contributed by atoms with E-state index in [2.05, 4.69) is 0 Å². The predicted octanol–water partition coefficient (Wildman–Crippen LogP) is -4.73. The van der Waals surface area contributed by atoms with E-state index < -0.39 is 12.1 Å². The van der Waals surface area contributed by atoms with Gasteiger partial charge in [0.05, 0.1) is 0 Å². The molecule has 0 amide bonds. The first-order valence-corrected chi connectivity index (χ1v) is 4.98. The number of carbonyl (C=O) groups is 1. The van der Waals surface area contributed by atoms with Gasteiger partial charge in [0, 0.05) is 0 Å². The molecule has 5 heteroatoms. The normalized spacial score (nSPS) is 11.8. The van der Waals surface area contributed by atoms with Gasteiger partial charge in [-0.25, -0.2) is 0 Å². The number of carboxylic acid groups (broad SMARTS) is 1. The van der Waals surface area contributed by atoms with E-state index in [0.29, 0.717) is 5.32 Å². The van der Waals surface area contributed by atoms with Crippen molar-refractivity contribution in [1.82, 2.24) is 0 Å². The van der Waals surface area contributed by atoms with E-state index in [1.165, 1.54) is 0 Å². The molecule has 0 rings (SSSR count). The summed E-state index contributed by atoms with van der Waals surface area (Å²) in [5.41, 5.74) is 0. The van der Waals surface area contributed by atoms with Crippen LogP contribution in [0, 0.1) is 0 Å². The fourth-order valence-corrected chi connectivity index (χ4v) is 1.17. The molecule has 0 fully saturated rings. The summed E-state index contributed by atoms with van der Waals surface area (Å²) in [6.45, 7) is 0. The van der Waals surface area contributed by atoms with Crippen molar-refractivity contribution in [2.45, 2.75) is 17.2 Å². The van der Waals surface area contributed by atoms with Crippen LogP contribution in [0.4, 0.5) is 0 Å². The molecule has 0 heterocycles. The van der Waals surface area contributed by atoms with Gasteiger partial charge >= 0.3 is 82.7 Å². The number of aliphatic hydroxyl groups excluding tert-OH is 1. The van der Waals surface area contributed by atoms with Crippen LogP contribution < -0.4 is 34.7 Å². The SMILES string of the molecule is C[Se]CC(O)C(=O)[O-].[Na+]. The van der Waals surface area contributed by atoms with Crippen molar-refractivity contribution in [1.29, 1.82) is 0 Å². The number of hydrogen-bond acceptors (Lipinski definition) is 3. The zero-order valence-corrected chi connectivity index (χ0v) is 9.17. The Morgan fingerprint density at radius 2 is 2.33 bits per heavy atom. The topological polar surface area (TPSA) is 60.4 Å². The van der Waals surface area contributed by atoms with Gasteiger partial charge in [-0.3, -0.25) is 0 Å². The minimum Gasteiger partial charge on any atom is 1.00 e. The number of aliphatic carboxylic acids is 1. The minimum absolute atomic E-state index is 0. The fraction of sp³-hybridized carbons (Fsp3) is 0.750. The Hall–Kier alpha value is 0.949. The average molecular weight is 205 g/mol. The van der Waals surface area contributed by atoms with Crippen LogP contribution in [0.2, 0.25) is 11.1 Å². The van der Waals surface area contributed by atoms with E-state index in [1.54, 1.807) is 0 Å². The van der Waals surface area contributed by atoms with Gasteiger partial charge in [0.1, 0.15) is 0 Å². The quantitative estimate of drug-likeness (QED) is 0.471. The van der Waals surface area contributed by atoms with Gasteiger partial charge < -0.3 is 0 Å². The molecule has 0 aliphatic rings. The largest absolute Gasteiger partial charge is 1.00 e. The van der Waals surface area contributed by atoms with Crippen molar-refractivity contribution in [3.63, 3.8) is 0 Å². The first-order valence-electron chi connectivity index (χ1n) is 2.06. The van der Waals surface area contributed by atoms with Crippen LogP contribution in [0.3, 0.4) is 0 Å². The molecule has 0 aromatic heterocycles. The third-order valence-electron chi connectivity index (χ3n) is 0.597. The smallest absolute Gasteiger partial charge is 1.00 e. The van der Waals surface area contributed by atoms with Gasteiger partial charge in [0.15, 0.2) is 0 Å². The number of rotatable bonds is 3. The first kappa shape index (κ1) is 12.6. The summed E-state index contributed by atoms with van der Waals surface area (Å²) in [5, 5.41) is 18.6. The average Bonchev–Trinajstić information content (AvgIpc) is 1.67. The summed E-state index contributed by atoms with van der Waals surface area (Å²) in [6.07, 6.45) is -1.25. The summed E-state index contributed by atoms with van der Waals surface area (Å²) in [5.74, 6) is 0.493. The van der Waals surface area contributed by atoms with E-state index in [-0.39, 0.29) is 44.5 Å². The number of aliphatic hydroxyl groups is 1. The van der Waals surface area contributed by atoms with Crippen LogP contribution in [0.1, 0.15) is 0 Å². The Morgan fingerprint density at radius 3 is 2.44 bits per heavy atom. The monoisotopic (exact) mass is 206 g/mol. The van der Waals surface area contributed by atoms with Gasteiger partial charge in [-0.05, 0) is 0 Å². The molecule has 0 saturated heterocycles. The van der Waals surface area contributed by atoms with E-state index in [0.717, 1.165) is 0 Å². The van der Waals surface area contributed by atoms with E-state index in [9.17, 15) is 9.90 Å². The molecule has 3 nitrogen and oxygen atoms in total. The van der Waals surface area contributed by atoms with Crippen molar-refractivity contribution in [2.75, 3.05) is 0 Å². The van der Waals surface area contributed by atoms with Crippen molar-refractivity contribution in [2.24, 2.45) is 0 Å². The molecule has 0 aliphatic carbocycles. The van der Waals surface area contributed by atoms with Crippen LogP contribution in [0.25, 0.3) is 0 Å². The summed E-state index contributed by atoms with van der Waals surface area (Å²) in [4.78, 5) is 9.74. The molecule has 1 atom stereocenters. The van der Waals surface area contributed by atoms with Crippen molar-refractivity contribution in [3.8, 4) is 0 Å². The minimum atomic E-state index is -1.37. The van der Waals surface area contributed by atoms with Crippen LogP contribution >= 0.6 is 0 Å². The Labute approximate surface area is 82.3 Å². The second kappa shape index (κ2) is 7.06. The predicted molar refractivity (Wildman–Crippen MR) is 27.4 cm³/mol. The van der Waals surface area contributed by atoms with Crippen molar-refractivity contribution in [3.05, 3.63) is 0 Å². The maximum absolute atomic E-state index is 9.74. The van der Waals surface area contributed by atoms with Gasteiger partial charge in [-0.15, -0.1) is 0 Å². The Balaban J connectivity index is 0. The maximum Gasteiger partial charge on any atom is 1.00 e. The second-order valence-electron chi connectivity index (χ2n) is 1.29. The van der Waals surface area contributed by atoms with Crippen LogP contribution in [0.5, 0.6) is 0 Å². The fourth-order valence-electron chi connectivity index (χ4n) is 0.226. The van der Waals surface area contributed by atoms with Gasteiger partial charge in [-0.1, -0.05) is 0 Å². The Morgan fingerprint density at radius 1 is 1.89 bits per heavy atom. The molecule has 0 saturated carbocycles. The molecule has 1 unspecified atom stereocenters. The molecule has 9 heavy (non-hydrogen) atoms. The molecule has 0 bridgehead atoms. The zero-order chi connectivity index (χ0) is 6.57. The maximum atomic E-state index is 9.74. The molecule has 0 spiro atoms. The molecular formula is C4H7NaO3Se. The van der Waals surface area contributed by atoms with Gasteiger partial charge in [0.25, 0.3) is 0 Å². The first-order chi connectivity index (χ1) is 3.68. The molecule has 0 radical (unpaired) electrons. The molecule has 48 valence electrons. The molecule has 1 N–H and O–H groups in total. The molecule has 0 aromatic rings. The van der Waals surface area contributed by atoms with Gasteiger partial charge in [-0.2, -0.15) is 0 Å². The Kier molecular flexibility index (Phi) is 9.89.